The maximum atomic E-state index is 12.6. The van der Waals surface area contributed by atoms with Crippen LogP contribution in [0.25, 0.3) is 0 Å². The average Bonchev–Trinajstić information content (AvgIpc) is 2.82. The number of carbonyl (C=O) groups is 1. The summed E-state index contributed by atoms with van der Waals surface area (Å²) in [6.07, 6.45) is 3.21. The van der Waals surface area contributed by atoms with Crippen LogP contribution in [0.15, 0.2) is 30.3 Å². The normalized spacial score (nSPS) is 26.9. The van der Waals surface area contributed by atoms with Crippen LogP contribution in [0.5, 0.6) is 0 Å². The lowest BCUT2D eigenvalue weighted by Gasteiger charge is -2.26. The van der Waals surface area contributed by atoms with Crippen molar-refractivity contribution in [2.75, 3.05) is 26.2 Å². The summed E-state index contributed by atoms with van der Waals surface area (Å²) in [7, 11) is 0. The molecule has 0 aromatic heterocycles. The van der Waals surface area contributed by atoms with Crippen molar-refractivity contribution >= 4 is 5.91 Å². The second kappa shape index (κ2) is 7.25. The Morgan fingerprint density at radius 3 is 2.59 bits per heavy atom. The van der Waals surface area contributed by atoms with Crippen LogP contribution in [0.1, 0.15) is 31.2 Å². The molecule has 1 aromatic rings. The molecule has 1 N–H and O–H groups in total. The van der Waals surface area contributed by atoms with Gasteiger partial charge in [0.15, 0.2) is 0 Å². The van der Waals surface area contributed by atoms with E-state index in [9.17, 15) is 9.90 Å². The van der Waals surface area contributed by atoms with Crippen molar-refractivity contribution < 1.29 is 9.90 Å². The minimum atomic E-state index is -0.420. The number of amides is 1. The van der Waals surface area contributed by atoms with E-state index < -0.39 is 6.10 Å². The molecule has 120 valence electrons. The van der Waals surface area contributed by atoms with E-state index in [4.69, 9.17) is 0 Å². The number of benzene rings is 1. The lowest BCUT2D eigenvalue weighted by Crippen LogP contribution is -2.41. The molecule has 1 saturated carbocycles. The van der Waals surface area contributed by atoms with Crippen LogP contribution >= 0.6 is 0 Å². The number of nitrogens with zero attached hydrogens (tertiary/aromatic N) is 2. The van der Waals surface area contributed by atoms with E-state index in [1.165, 1.54) is 5.56 Å². The minimum Gasteiger partial charge on any atom is -0.392 e. The second-order valence-corrected chi connectivity index (χ2v) is 6.55. The van der Waals surface area contributed by atoms with Crippen molar-refractivity contribution in [2.24, 2.45) is 5.92 Å². The molecule has 1 saturated heterocycles. The Morgan fingerprint density at radius 1 is 1.05 bits per heavy atom. The standard InChI is InChI=1S/C18H26N2O2/c21-17-9-4-8-16(17)18(22)20-11-5-10-19(12-13-20)14-15-6-2-1-3-7-15/h1-3,6-7,16-17,21H,4-5,8-14H2. The van der Waals surface area contributed by atoms with Crippen molar-refractivity contribution in [3.8, 4) is 0 Å². The number of aliphatic hydroxyl groups excluding tert-OH is 1. The Morgan fingerprint density at radius 2 is 1.86 bits per heavy atom. The fraction of sp³-hybridized carbons (Fsp3) is 0.611. The maximum Gasteiger partial charge on any atom is 0.228 e. The van der Waals surface area contributed by atoms with Crippen LogP contribution in [0.4, 0.5) is 0 Å². The molecular formula is C18H26N2O2. The summed E-state index contributed by atoms with van der Waals surface area (Å²) in [5.74, 6) is 0.0206. The monoisotopic (exact) mass is 302 g/mol. The largest absolute Gasteiger partial charge is 0.392 e. The molecule has 1 aliphatic heterocycles. The van der Waals surface area contributed by atoms with Gasteiger partial charge in [0.2, 0.25) is 5.91 Å². The van der Waals surface area contributed by atoms with Gasteiger partial charge in [-0.25, -0.2) is 0 Å². The smallest absolute Gasteiger partial charge is 0.228 e. The first-order valence-corrected chi connectivity index (χ1v) is 8.47. The summed E-state index contributed by atoms with van der Waals surface area (Å²) in [5.41, 5.74) is 1.33. The zero-order valence-corrected chi connectivity index (χ0v) is 13.2. The van der Waals surface area contributed by atoms with Gasteiger partial charge in [-0.05, 0) is 31.2 Å². The summed E-state index contributed by atoms with van der Waals surface area (Å²) in [6.45, 7) is 4.52. The highest BCUT2D eigenvalue weighted by Crippen LogP contribution is 2.27. The number of hydrogen-bond donors (Lipinski definition) is 1. The Hall–Kier alpha value is -1.39. The Bertz CT molecular complexity index is 491. The highest BCUT2D eigenvalue weighted by molar-refractivity contribution is 5.79. The van der Waals surface area contributed by atoms with E-state index in [1.54, 1.807) is 0 Å². The molecule has 2 aliphatic rings. The fourth-order valence-corrected chi connectivity index (χ4v) is 3.65. The summed E-state index contributed by atoms with van der Waals surface area (Å²) >= 11 is 0. The lowest BCUT2D eigenvalue weighted by molar-refractivity contribution is -0.138. The van der Waals surface area contributed by atoms with Crippen molar-refractivity contribution in [2.45, 2.75) is 38.3 Å². The predicted molar refractivity (Wildman–Crippen MR) is 86.3 cm³/mol. The van der Waals surface area contributed by atoms with E-state index in [1.807, 2.05) is 11.0 Å². The molecule has 1 aromatic carbocycles. The third-order valence-electron chi connectivity index (χ3n) is 4.95. The Balaban J connectivity index is 1.54. The molecule has 3 rings (SSSR count). The second-order valence-electron chi connectivity index (χ2n) is 6.55. The van der Waals surface area contributed by atoms with E-state index in [0.717, 1.165) is 58.4 Å². The highest BCUT2D eigenvalue weighted by atomic mass is 16.3. The van der Waals surface area contributed by atoms with E-state index in [2.05, 4.69) is 29.2 Å². The van der Waals surface area contributed by atoms with Gasteiger partial charge in [-0.2, -0.15) is 0 Å². The third-order valence-corrected chi connectivity index (χ3v) is 4.95. The first-order chi connectivity index (χ1) is 10.7. The fourth-order valence-electron chi connectivity index (χ4n) is 3.65. The highest BCUT2D eigenvalue weighted by Gasteiger charge is 2.34. The molecule has 1 aliphatic carbocycles. The van der Waals surface area contributed by atoms with Gasteiger partial charge in [0.05, 0.1) is 12.0 Å². The van der Waals surface area contributed by atoms with Crippen LogP contribution in [-0.2, 0) is 11.3 Å². The van der Waals surface area contributed by atoms with Gasteiger partial charge in [-0.15, -0.1) is 0 Å². The Kier molecular flexibility index (Phi) is 5.11. The zero-order chi connectivity index (χ0) is 15.4. The maximum absolute atomic E-state index is 12.6. The molecule has 0 bridgehead atoms. The molecule has 4 nitrogen and oxygen atoms in total. The van der Waals surface area contributed by atoms with Crippen LogP contribution in [0.2, 0.25) is 0 Å². The minimum absolute atomic E-state index is 0.152. The molecule has 2 unspecified atom stereocenters. The molecule has 0 radical (unpaired) electrons. The third kappa shape index (κ3) is 3.68. The summed E-state index contributed by atoms with van der Waals surface area (Å²) in [5, 5.41) is 9.95. The van der Waals surface area contributed by atoms with Crippen molar-refractivity contribution in [1.29, 1.82) is 0 Å². The summed E-state index contributed by atoms with van der Waals surface area (Å²) in [6, 6.07) is 10.5. The molecule has 1 amide bonds. The van der Waals surface area contributed by atoms with Crippen molar-refractivity contribution in [3.05, 3.63) is 35.9 Å². The van der Waals surface area contributed by atoms with Gasteiger partial charge in [-0.3, -0.25) is 9.69 Å². The lowest BCUT2D eigenvalue weighted by atomic mass is 10.0. The SMILES string of the molecule is O=C(C1CCCC1O)N1CCCN(Cc2ccccc2)CC1. The van der Waals surface area contributed by atoms with Gasteiger partial charge < -0.3 is 10.0 Å². The van der Waals surface area contributed by atoms with Crippen LogP contribution in [0.3, 0.4) is 0 Å². The zero-order valence-electron chi connectivity index (χ0n) is 13.2. The average molecular weight is 302 g/mol. The summed E-state index contributed by atoms with van der Waals surface area (Å²) in [4.78, 5) is 17.0. The van der Waals surface area contributed by atoms with Crippen LogP contribution in [-0.4, -0.2) is 53.1 Å². The van der Waals surface area contributed by atoms with Gasteiger partial charge in [0.25, 0.3) is 0 Å². The number of rotatable bonds is 3. The number of aliphatic hydroxyl groups is 1. The molecule has 0 spiro atoms. The first-order valence-electron chi connectivity index (χ1n) is 8.47. The molecule has 2 atom stereocenters. The van der Waals surface area contributed by atoms with Crippen LogP contribution < -0.4 is 0 Å². The van der Waals surface area contributed by atoms with Gasteiger partial charge >= 0.3 is 0 Å². The van der Waals surface area contributed by atoms with E-state index in [-0.39, 0.29) is 11.8 Å². The Labute approximate surface area is 132 Å². The molecule has 2 fully saturated rings. The topological polar surface area (TPSA) is 43.8 Å². The van der Waals surface area contributed by atoms with E-state index in [0.29, 0.717) is 0 Å². The molecule has 22 heavy (non-hydrogen) atoms. The molecule has 4 heteroatoms. The number of hydrogen-bond acceptors (Lipinski definition) is 3. The summed E-state index contributed by atoms with van der Waals surface area (Å²) < 4.78 is 0. The molecule has 1 heterocycles. The predicted octanol–water partition coefficient (Wildman–Crippen LogP) is 1.88. The molecular weight excluding hydrogens is 276 g/mol. The van der Waals surface area contributed by atoms with Gasteiger partial charge in [0.1, 0.15) is 0 Å². The van der Waals surface area contributed by atoms with Crippen LogP contribution in [0, 0.1) is 5.92 Å². The van der Waals surface area contributed by atoms with Gasteiger partial charge in [0, 0.05) is 32.7 Å². The quantitative estimate of drug-likeness (QED) is 0.927. The number of carbonyl (C=O) groups excluding carboxylic acids is 1. The van der Waals surface area contributed by atoms with E-state index >= 15 is 0 Å². The first kappa shape index (κ1) is 15.5. The van der Waals surface area contributed by atoms with Gasteiger partial charge in [-0.1, -0.05) is 30.3 Å². The van der Waals surface area contributed by atoms with Crippen molar-refractivity contribution in [1.82, 2.24) is 9.80 Å². The van der Waals surface area contributed by atoms with Crippen molar-refractivity contribution in [3.63, 3.8) is 0 Å².